The van der Waals surface area contributed by atoms with Gasteiger partial charge in [0.1, 0.15) is 5.75 Å². The maximum atomic E-state index is 11.6. The Morgan fingerprint density at radius 3 is 2.59 bits per heavy atom. The highest BCUT2D eigenvalue weighted by Gasteiger charge is 2.38. The summed E-state index contributed by atoms with van der Waals surface area (Å²) in [6, 6.07) is 7.95. The second kappa shape index (κ2) is 5.21. The number of hydrogen-bond acceptors (Lipinski definition) is 2. The number of hydrogen-bond donors (Lipinski definition) is 1. The van der Waals surface area contributed by atoms with E-state index in [9.17, 15) is 4.79 Å². The number of amides is 1. The maximum Gasteiger partial charge on any atom is 0.223 e. The van der Waals surface area contributed by atoms with Gasteiger partial charge >= 0.3 is 0 Å². The molecule has 1 aliphatic carbocycles. The fraction of sp³-hybridized carbons (Fsp3) is 0.500. The zero-order valence-electron chi connectivity index (χ0n) is 10.4. The fourth-order valence-electron chi connectivity index (χ4n) is 1.94. The van der Waals surface area contributed by atoms with E-state index < -0.39 is 0 Å². The summed E-state index contributed by atoms with van der Waals surface area (Å²) >= 11 is 0. The Bertz CT molecular complexity index is 386. The fourth-order valence-corrected chi connectivity index (χ4v) is 1.94. The third-order valence-corrected chi connectivity index (χ3v) is 3.32. The highest BCUT2D eigenvalue weighted by molar-refractivity contribution is 5.81. The minimum absolute atomic E-state index is 0.214. The van der Waals surface area contributed by atoms with Crippen LogP contribution < -0.4 is 10.1 Å². The number of benzene rings is 1. The van der Waals surface area contributed by atoms with Gasteiger partial charge in [-0.05, 0) is 36.5 Å². The molecule has 1 aromatic carbocycles. The van der Waals surface area contributed by atoms with Crippen LogP contribution in [0, 0.1) is 11.8 Å². The highest BCUT2D eigenvalue weighted by Crippen LogP contribution is 2.37. The molecule has 0 aliphatic heterocycles. The standard InChI is InChI=1S/C14H19NO2/c1-10-9-13(10)14(16)15-8-7-11-3-5-12(17-2)6-4-11/h3-6,10,13H,7-9H2,1-2H3,(H,15,16)/t10-,13-/m0/s1. The van der Waals surface area contributed by atoms with E-state index in [1.54, 1.807) is 7.11 Å². The predicted molar refractivity (Wildman–Crippen MR) is 67.0 cm³/mol. The van der Waals surface area contributed by atoms with Gasteiger partial charge < -0.3 is 10.1 Å². The minimum Gasteiger partial charge on any atom is -0.497 e. The molecule has 1 fully saturated rings. The van der Waals surface area contributed by atoms with Crippen LogP contribution in [0.5, 0.6) is 5.75 Å². The average Bonchev–Trinajstić information content (AvgIpc) is 3.07. The third kappa shape index (κ3) is 3.22. The van der Waals surface area contributed by atoms with Gasteiger partial charge in [0.05, 0.1) is 7.11 Å². The summed E-state index contributed by atoms with van der Waals surface area (Å²) in [6.07, 6.45) is 1.92. The van der Waals surface area contributed by atoms with E-state index in [4.69, 9.17) is 4.74 Å². The number of carbonyl (C=O) groups excluding carboxylic acids is 1. The number of methoxy groups -OCH3 is 1. The largest absolute Gasteiger partial charge is 0.497 e. The molecule has 0 unspecified atom stereocenters. The van der Waals surface area contributed by atoms with Crippen LogP contribution in [-0.2, 0) is 11.2 Å². The summed E-state index contributed by atoms with van der Waals surface area (Å²) in [5.41, 5.74) is 1.22. The van der Waals surface area contributed by atoms with Gasteiger partial charge in [0.25, 0.3) is 0 Å². The smallest absolute Gasteiger partial charge is 0.223 e. The SMILES string of the molecule is COc1ccc(CCNC(=O)[C@H]2C[C@@H]2C)cc1. The molecule has 92 valence electrons. The zero-order chi connectivity index (χ0) is 12.3. The highest BCUT2D eigenvalue weighted by atomic mass is 16.5. The second-order valence-corrected chi connectivity index (χ2v) is 4.71. The lowest BCUT2D eigenvalue weighted by molar-refractivity contribution is -0.122. The first-order valence-electron chi connectivity index (χ1n) is 6.11. The average molecular weight is 233 g/mol. The molecule has 2 rings (SSSR count). The van der Waals surface area contributed by atoms with Crippen LogP contribution in [-0.4, -0.2) is 19.6 Å². The molecule has 0 radical (unpaired) electrons. The summed E-state index contributed by atoms with van der Waals surface area (Å²) in [7, 11) is 1.66. The normalized spacial score (nSPS) is 22.0. The molecule has 1 N–H and O–H groups in total. The molecular weight excluding hydrogens is 214 g/mol. The Labute approximate surface area is 102 Å². The molecule has 1 amide bonds. The van der Waals surface area contributed by atoms with E-state index in [1.165, 1.54) is 5.56 Å². The number of ether oxygens (including phenoxy) is 1. The lowest BCUT2D eigenvalue weighted by atomic mass is 10.1. The van der Waals surface area contributed by atoms with Crippen molar-refractivity contribution in [3.05, 3.63) is 29.8 Å². The molecule has 1 saturated carbocycles. The molecule has 0 bridgehead atoms. The Morgan fingerprint density at radius 2 is 2.06 bits per heavy atom. The first kappa shape index (κ1) is 12.0. The van der Waals surface area contributed by atoms with Crippen LogP contribution >= 0.6 is 0 Å². The van der Waals surface area contributed by atoms with Crippen molar-refractivity contribution >= 4 is 5.91 Å². The quantitative estimate of drug-likeness (QED) is 0.845. The molecule has 3 heteroatoms. The van der Waals surface area contributed by atoms with Gasteiger partial charge in [-0.15, -0.1) is 0 Å². The molecule has 0 heterocycles. The van der Waals surface area contributed by atoms with Crippen molar-refractivity contribution in [2.24, 2.45) is 11.8 Å². The Balaban J connectivity index is 1.72. The molecule has 2 atom stereocenters. The van der Waals surface area contributed by atoms with Crippen LogP contribution in [0.1, 0.15) is 18.9 Å². The Hall–Kier alpha value is -1.51. The third-order valence-electron chi connectivity index (χ3n) is 3.32. The van der Waals surface area contributed by atoms with Crippen LogP contribution in [0.15, 0.2) is 24.3 Å². The number of carbonyl (C=O) groups is 1. The molecule has 17 heavy (non-hydrogen) atoms. The van der Waals surface area contributed by atoms with Crippen LogP contribution in [0.3, 0.4) is 0 Å². The van der Waals surface area contributed by atoms with Gasteiger partial charge in [0.15, 0.2) is 0 Å². The van der Waals surface area contributed by atoms with E-state index >= 15 is 0 Å². The first-order valence-corrected chi connectivity index (χ1v) is 6.11. The summed E-state index contributed by atoms with van der Waals surface area (Å²) in [5, 5.41) is 2.98. The van der Waals surface area contributed by atoms with E-state index in [0.717, 1.165) is 18.6 Å². The number of nitrogens with one attached hydrogen (secondary N) is 1. The van der Waals surface area contributed by atoms with Gasteiger partial charge in [0, 0.05) is 12.5 Å². The van der Waals surface area contributed by atoms with E-state index in [0.29, 0.717) is 12.5 Å². The van der Waals surface area contributed by atoms with Crippen molar-refractivity contribution in [2.75, 3.05) is 13.7 Å². The molecule has 0 spiro atoms. The van der Waals surface area contributed by atoms with Gasteiger partial charge in [-0.1, -0.05) is 19.1 Å². The Morgan fingerprint density at radius 1 is 1.41 bits per heavy atom. The summed E-state index contributed by atoms with van der Waals surface area (Å²) < 4.78 is 5.09. The summed E-state index contributed by atoms with van der Waals surface area (Å²) in [4.78, 5) is 11.6. The molecular formula is C14H19NO2. The molecule has 0 aromatic heterocycles. The van der Waals surface area contributed by atoms with Crippen molar-refractivity contribution in [1.82, 2.24) is 5.32 Å². The van der Waals surface area contributed by atoms with Gasteiger partial charge in [-0.2, -0.15) is 0 Å². The summed E-state index contributed by atoms with van der Waals surface area (Å²) in [6.45, 7) is 2.84. The van der Waals surface area contributed by atoms with Gasteiger partial charge in [-0.3, -0.25) is 4.79 Å². The number of rotatable bonds is 5. The van der Waals surface area contributed by atoms with Crippen LogP contribution in [0.4, 0.5) is 0 Å². The van der Waals surface area contributed by atoms with Gasteiger partial charge in [-0.25, -0.2) is 0 Å². The molecule has 0 saturated heterocycles. The Kier molecular flexibility index (Phi) is 3.67. The predicted octanol–water partition coefficient (Wildman–Crippen LogP) is 2.01. The van der Waals surface area contributed by atoms with Crippen molar-refractivity contribution in [3.63, 3.8) is 0 Å². The van der Waals surface area contributed by atoms with E-state index in [-0.39, 0.29) is 11.8 Å². The van der Waals surface area contributed by atoms with Crippen LogP contribution in [0.25, 0.3) is 0 Å². The van der Waals surface area contributed by atoms with E-state index in [2.05, 4.69) is 12.2 Å². The van der Waals surface area contributed by atoms with Crippen molar-refractivity contribution in [3.8, 4) is 5.75 Å². The zero-order valence-corrected chi connectivity index (χ0v) is 10.4. The van der Waals surface area contributed by atoms with E-state index in [1.807, 2.05) is 24.3 Å². The van der Waals surface area contributed by atoms with Crippen molar-refractivity contribution in [2.45, 2.75) is 19.8 Å². The second-order valence-electron chi connectivity index (χ2n) is 4.71. The summed E-state index contributed by atoms with van der Waals surface area (Å²) in [5.74, 6) is 1.93. The van der Waals surface area contributed by atoms with Crippen molar-refractivity contribution < 1.29 is 9.53 Å². The monoisotopic (exact) mass is 233 g/mol. The molecule has 1 aromatic rings. The lowest BCUT2D eigenvalue weighted by Crippen LogP contribution is -2.27. The van der Waals surface area contributed by atoms with Crippen LogP contribution in [0.2, 0.25) is 0 Å². The maximum absolute atomic E-state index is 11.6. The first-order chi connectivity index (χ1) is 8.20. The van der Waals surface area contributed by atoms with Gasteiger partial charge in [0.2, 0.25) is 5.91 Å². The van der Waals surface area contributed by atoms with Crippen molar-refractivity contribution in [1.29, 1.82) is 0 Å². The lowest BCUT2D eigenvalue weighted by Gasteiger charge is -2.05. The minimum atomic E-state index is 0.214. The molecule has 1 aliphatic rings. The molecule has 3 nitrogen and oxygen atoms in total. The topological polar surface area (TPSA) is 38.3 Å².